The molecule has 0 heterocycles. The van der Waals surface area contributed by atoms with Crippen LogP contribution in [0.4, 0.5) is 5.69 Å². The lowest BCUT2D eigenvalue weighted by Crippen LogP contribution is -2.18. The number of hydrogen-bond acceptors (Lipinski definition) is 4. The van der Waals surface area contributed by atoms with Crippen LogP contribution in [-0.4, -0.2) is 12.9 Å². The van der Waals surface area contributed by atoms with Crippen LogP contribution < -0.4 is 16.2 Å². The van der Waals surface area contributed by atoms with Crippen molar-refractivity contribution in [2.75, 3.05) is 12.8 Å². The number of Topliss-reactive ketones (excluding diaryl/α,β-unsaturated/α-hetero) is 1. The summed E-state index contributed by atoms with van der Waals surface area (Å²) >= 11 is 0. The molecule has 0 fully saturated rings. The van der Waals surface area contributed by atoms with Gasteiger partial charge in [0, 0.05) is 0 Å². The van der Waals surface area contributed by atoms with Gasteiger partial charge in [-0.3, -0.25) is 4.79 Å². The number of anilines is 1. The molecule has 1 unspecified atom stereocenters. The molecule has 4 N–H and O–H groups in total. The molecule has 0 amide bonds. The quantitative estimate of drug-likeness (QED) is 0.700. The molecule has 1 aromatic rings. The van der Waals surface area contributed by atoms with Gasteiger partial charge in [-0.25, -0.2) is 0 Å². The standard InChI is InChI=1S/C10H14N2O2/c1-6(13)10(12)7-3-4-9(14-2)8(11)5-7/h3-5,10H,11-12H2,1-2H3. The number of rotatable bonds is 3. The highest BCUT2D eigenvalue weighted by atomic mass is 16.5. The third kappa shape index (κ3) is 2.03. The van der Waals surface area contributed by atoms with E-state index in [2.05, 4.69) is 0 Å². The van der Waals surface area contributed by atoms with Gasteiger partial charge in [0.25, 0.3) is 0 Å². The number of carbonyl (C=O) groups excluding carboxylic acids is 1. The number of nitrogen functional groups attached to an aromatic ring is 1. The minimum atomic E-state index is -0.608. The van der Waals surface area contributed by atoms with E-state index in [4.69, 9.17) is 16.2 Å². The molecule has 1 aromatic carbocycles. The summed E-state index contributed by atoms with van der Waals surface area (Å²) < 4.78 is 4.99. The van der Waals surface area contributed by atoms with Crippen molar-refractivity contribution in [3.05, 3.63) is 23.8 Å². The van der Waals surface area contributed by atoms with E-state index in [1.54, 1.807) is 18.2 Å². The molecule has 0 aliphatic carbocycles. The summed E-state index contributed by atoms with van der Waals surface area (Å²) in [4.78, 5) is 11.0. The fourth-order valence-electron chi connectivity index (χ4n) is 1.18. The van der Waals surface area contributed by atoms with Crippen LogP contribution in [0.2, 0.25) is 0 Å². The number of hydrogen-bond donors (Lipinski definition) is 2. The van der Waals surface area contributed by atoms with Crippen molar-refractivity contribution in [3.8, 4) is 5.75 Å². The molecule has 4 heteroatoms. The molecule has 0 aliphatic rings. The van der Waals surface area contributed by atoms with Gasteiger partial charge >= 0.3 is 0 Å². The number of methoxy groups -OCH3 is 1. The van der Waals surface area contributed by atoms with Crippen LogP contribution in [-0.2, 0) is 4.79 Å². The smallest absolute Gasteiger partial charge is 0.150 e. The van der Waals surface area contributed by atoms with E-state index < -0.39 is 6.04 Å². The van der Waals surface area contributed by atoms with Gasteiger partial charge in [0.05, 0.1) is 18.8 Å². The van der Waals surface area contributed by atoms with Crippen molar-refractivity contribution < 1.29 is 9.53 Å². The third-order valence-corrected chi connectivity index (χ3v) is 2.05. The summed E-state index contributed by atoms with van der Waals surface area (Å²) in [6.07, 6.45) is 0. The molecule has 1 rings (SSSR count). The lowest BCUT2D eigenvalue weighted by Gasteiger charge is -2.10. The van der Waals surface area contributed by atoms with Gasteiger partial charge in [0.15, 0.2) is 5.78 Å². The average molecular weight is 194 g/mol. The summed E-state index contributed by atoms with van der Waals surface area (Å²) in [5.41, 5.74) is 12.5. The number of nitrogens with two attached hydrogens (primary N) is 2. The van der Waals surface area contributed by atoms with Crippen molar-refractivity contribution in [2.24, 2.45) is 5.73 Å². The molecule has 4 nitrogen and oxygen atoms in total. The van der Waals surface area contributed by atoms with Gasteiger partial charge in [-0.1, -0.05) is 6.07 Å². The van der Waals surface area contributed by atoms with E-state index in [0.29, 0.717) is 17.0 Å². The zero-order chi connectivity index (χ0) is 10.7. The molecule has 0 aromatic heterocycles. The van der Waals surface area contributed by atoms with Crippen molar-refractivity contribution in [3.63, 3.8) is 0 Å². The highest BCUT2D eigenvalue weighted by Crippen LogP contribution is 2.24. The summed E-state index contributed by atoms with van der Waals surface area (Å²) in [7, 11) is 1.54. The molecule has 0 saturated heterocycles. The van der Waals surface area contributed by atoms with Gasteiger partial charge in [-0.05, 0) is 24.6 Å². The van der Waals surface area contributed by atoms with Crippen LogP contribution in [0, 0.1) is 0 Å². The highest BCUT2D eigenvalue weighted by molar-refractivity contribution is 5.83. The Morgan fingerprint density at radius 1 is 1.50 bits per heavy atom. The van der Waals surface area contributed by atoms with E-state index in [1.165, 1.54) is 14.0 Å². The summed E-state index contributed by atoms with van der Waals surface area (Å²) in [6, 6.07) is 4.49. The van der Waals surface area contributed by atoms with Gasteiger partial charge in [-0.2, -0.15) is 0 Å². The first-order valence-corrected chi connectivity index (χ1v) is 4.25. The van der Waals surface area contributed by atoms with Crippen LogP contribution in [0.15, 0.2) is 18.2 Å². The Labute approximate surface area is 82.8 Å². The maximum absolute atomic E-state index is 11.0. The normalized spacial score (nSPS) is 12.2. The van der Waals surface area contributed by atoms with Gasteiger partial charge in [0.2, 0.25) is 0 Å². The second-order valence-electron chi connectivity index (χ2n) is 3.09. The second-order valence-corrected chi connectivity index (χ2v) is 3.09. The van der Waals surface area contributed by atoms with Gasteiger partial charge < -0.3 is 16.2 Å². The van der Waals surface area contributed by atoms with Crippen LogP contribution in [0.3, 0.4) is 0 Å². The minimum absolute atomic E-state index is 0.0884. The Balaban J connectivity index is 3.02. The van der Waals surface area contributed by atoms with E-state index in [0.717, 1.165) is 0 Å². The molecule has 0 aliphatic heterocycles. The molecular formula is C10H14N2O2. The maximum Gasteiger partial charge on any atom is 0.150 e. The molecule has 0 spiro atoms. The Hall–Kier alpha value is -1.55. The molecular weight excluding hydrogens is 180 g/mol. The van der Waals surface area contributed by atoms with Gasteiger partial charge in [-0.15, -0.1) is 0 Å². The average Bonchev–Trinajstić information content (AvgIpc) is 2.16. The first-order chi connectivity index (χ1) is 6.56. The first-order valence-electron chi connectivity index (χ1n) is 4.25. The van der Waals surface area contributed by atoms with E-state index in [-0.39, 0.29) is 5.78 Å². The minimum Gasteiger partial charge on any atom is -0.495 e. The number of benzene rings is 1. The number of carbonyl (C=O) groups is 1. The molecule has 76 valence electrons. The maximum atomic E-state index is 11.0. The fourth-order valence-corrected chi connectivity index (χ4v) is 1.18. The zero-order valence-corrected chi connectivity index (χ0v) is 8.28. The Morgan fingerprint density at radius 3 is 2.57 bits per heavy atom. The topological polar surface area (TPSA) is 78.3 Å². The van der Waals surface area contributed by atoms with Crippen LogP contribution in [0.25, 0.3) is 0 Å². The number of ketones is 1. The second kappa shape index (κ2) is 4.11. The van der Waals surface area contributed by atoms with Crippen molar-refractivity contribution in [1.82, 2.24) is 0 Å². The predicted molar refractivity (Wildman–Crippen MR) is 55.0 cm³/mol. The molecule has 0 bridgehead atoms. The highest BCUT2D eigenvalue weighted by Gasteiger charge is 2.12. The molecule has 0 saturated carbocycles. The largest absolute Gasteiger partial charge is 0.495 e. The first kappa shape index (κ1) is 10.5. The van der Waals surface area contributed by atoms with Crippen molar-refractivity contribution in [2.45, 2.75) is 13.0 Å². The molecule has 0 radical (unpaired) electrons. The monoisotopic (exact) mass is 194 g/mol. The Bertz CT molecular complexity index is 350. The molecule has 1 atom stereocenters. The third-order valence-electron chi connectivity index (χ3n) is 2.05. The van der Waals surface area contributed by atoms with E-state index in [1.807, 2.05) is 0 Å². The fraction of sp³-hybridized carbons (Fsp3) is 0.300. The predicted octanol–water partition coefficient (Wildman–Crippen LogP) is 0.866. The SMILES string of the molecule is COc1ccc(C(N)C(C)=O)cc1N. The number of ether oxygens (including phenoxy) is 1. The molecule has 14 heavy (non-hydrogen) atoms. The van der Waals surface area contributed by atoms with Crippen LogP contribution in [0.1, 0.15) is 18.5 Å². The summed E-state index contributed by atoms with van der Waals surface area (Å²) in [6.45, 7) is 1.45. The lowest BCUT2D eigenvalue weighted by molar-refractivity contribution is -0.118. The van der Waals surface area contributed by atoms with Crippen molar-refractivity contribution >= 4 is 11.5 Å². The zero-order valence-electron chi connectivity index (χ0n) is 8.28. The Kier molecular flexibility index (Phi) is 3.09. The summed E-state index contributed by atoms with van der Waals surface area (Å²) in [5.74, 6) is 0.499. The van der Waals surface area contributed by atoms with Crippen molar-refractivity contribution in [1.29, 1.82) is 0 Å². The van der Waals surface area contributed by atoms with E-state index in [9.17, 15) is 4.79 Å². The van der Waals surface area contributed by atoms with Gasteiger partial charge in [0.1, 0.15) is 5.75 Å². The van der Waals surface area contributed by atoms with Crippen LogP contribution in [0.5, 0.6) is 5.75 Å². The van der Waals surface area contributed by atoms with Crippen LogP contribution >= 0.6 is 0 Å². The summed E-state index contributed by atoms with van der Waals surface area (Å²) in [5, 5.41) is 0. The van der Waals surface area contributed by atoms with E-state index >= 15 is 0 Å². The lowest BCUT2D eigenvalue weighted by atomic mass is 10.0. The Morgan fingerprint density at radius 2 is 2.14 bits per heavy atom.